The molecule has 106 valence electrons. The van der Waals surface area contributed by atoms with Crippen LogP contribution in [-0.4, -0.2) is 34.4 Å². The average molecular weight is 273 g/mol. The van der Waals surface area contributed by atoms with Crippen molar-refractivity contribution in [3.05, 3.63) is 18.2 Å². The van der Waals surface area contributed by atoms with Gasteiger partial charge < -0.3 is 10.6 Å². The predicted molar refractivity (Wildman–Crippen MR) is 77.3 cm³/mol. The third-order valence-corrected chi connectivity index (χ3v) is 3.84. The van der Waals surface area contributed by atoms with Crippen molar-refractivity contribution >= 4 is 22.6 Å². The Morgan fingerprint density at radius 2 is 2.05 bits per heavy atom. The van der Waals surface area contributed by atoms with E-state index in [1.54, 1.807) is 0 Å². The lowest BCUT2D eigenvalue weighted by atomic mass is 9.93. The molecule has 3 rings (SSSR count). The summed E-state index contributed by atoms with van der Waals surface area (Å²) < 4.78 is 0. The molecule has 1 aliphatic rings. The molecular formula is C14H19N5O. The highest BCUT2D eigenvalue weighted by molar-refractivity contribution is 5.92. The van der Waals surface area contributed by atoms with Gasteiger partial charge in [0.25, 0.3) is 0 Å². The Balaban J connectivity index is 1.52. The normalized spacial score (nSPS) is 16.4. The van der Waals surface area contributed by atoms with Crippen LogP contribution in [0.2, 0.25) is 0 Å². The Bertz CT molecular complexity index is 588. The van der Waals surface area contributed by atoms with Crippen LogP contribution >= 0.6 is 0 Å². The number of aromatic amines is 1. The largest absolute Gasteiger partial charge is 0.326 e. The van der Waals surface area contributed by atoms with E-state index < -0.39 is 0 Å². The molecule has 0 unspecified atom stereocenters. The molecule has 0 spiro atoms. The minimum absolute atomic E-state index is 0.0753. The number of piperidine rings is 1. The highest BCUT2D eigenvalue weighted by atomic mass is 16.1. The van der Waals surface area contributed by atoms with Crippen molar-refractivity contribution in [3.63, 3.8) is 0 Å². The first-order chi connectivity index (χ1) is 9.81. The molecule has 1 aromatic heterocycles. The molecular weight excluding hydrogens is 254 g/mol. The molecule has 0 radical (unpaired) electrons. The number of hydrogen-bond acceptors (Lipinski definition) is 4. The van der Waals surface area contributed by atoms with Gasteiger partial charge in [-0.15, -0.1) is 0 Å². The zero-order valence-electron chi connectivity index (χ0n) is 11.4. The Morgan fingerprint density at radius 3 is 2.90 bits per heavy atom. The monoisotopic (exact) mass is 273 g/mol. The minimum atomic E-state index is 0.0753. The lowest BCUT2D eigenvalue weighted by Gasteiger charge is -2.22. The van der Waals surface area contributed by atoms with Gasteiger partial charge in [0, 0.05) is 12.1 Å². The molecule has 0 bridgehead atoms. The van der Waals surface area contributed by atoms with Crippen LogP contribution in [0, 0.1) is 5.92 Å². The molecule has 3 N–H and O–H groups in total. The standard InChI is InChI=1S/C14H19N5O/c20-14(4-1-10-5-7-15-8-6-10)16-11-2-3-12-13(9-11)18-19-17-12/h2-3,9-10,15H,1,4-8H2,(H,16,20)(H,17,18,19). The number of anilines is 1. The second-order valence-corrected chi connectivity index (χ2v) is 5.31. The van der Waals surface area contributed by atoms with Gasteiger partial charge in [-0.3, -0.25) is 4.79 Å². The summed E-state index contributed by atoms with van der Waals surface area (Å²) in [7, 11) is 0. The fraction of sp³-hybridized carbons (Fsp3) is 0.500. The minimum Gasteiger partial charge on any atom is -0.326 e. The number of nitrogens with zero attached hydrogens (tertiary/aromatic N) is 2. The van der Waals surface area contributed by atoms with Crippen molar-refractivity contribution in [1.29, 1.82) is 0 Å². The first-order valence-electron chi connectivity index (χ1n) is 7.12. The molecule has 1 saturated heterocycles. The van der Waals surface area contributed by atoms with Crippen LogP contribution in [0.3, 0.4) is 0 Å². The maximum Gasteiger partial charge on any atom is 0.224 e. The Kier molecular flexibility index (Phi) is 3.92. The van der Waals surface area contributed by atoms with Gasteiger partial charge in [0.15, 0.2) is 0 Å². The number of amides is 1. The highest BCUT2D eigenvalue weighted by Crippen LogP contribution is 2.19. The molecule has 6 nitrogen and oxygen atoms in total. The van der Waals surface area contributed by atoms with Crippen LogP contribution in [0.5, 0.6) is 0 Å². The van der Waals surface area contributed by atoms with Gasteiger partial charge in [-0.25, -0.2) is 0 Å². The molecule has 0 saturated carbocycles. The van der Waals surface area contributed by atoms with Crippen LogP contribution in [0.4, 0.5) is 5.69 Å². The summed E-state index contributed by atoms with van der Waals surface area (Å²) in [6.45, 7) is 2.16. The van der Waals surface area contributed by atoms with Gasteiger partial charge in [0.1, 0.15) is 11.0 Å². The SMILES string of the molecule is O=C(CCC1CCNCC1)Nc1ccc2n[nH]nc2c1. The van der Waals surface area contributed by atoms with Gasteiger partial charge in [-0.05, 0) is 56.5 Å². The number of carbonyl (C=O) groups excluding carboxylic acids is 1. The molecule has 1 aromatic carbocycles. The van der Waals surface area contributed by atoms with E-state index in [2.05, 4.69) is 26.0 Å². The number of hydrogen-bond donors (Lipinski definition) is 3. The zero-order chi connectivity index (χ0) is 13.8. The van der Waals surface area contributed by atoms with Gasteiger partial charge >= 0.3 is 0 Å². The van der Waals surface area contributed by atoms with E-state index in [1.165, 1.54) is 12.8 Å². The van der Waals surface area contributed by atoms with Gasteiger partial charge in [0.05, 0.1) is 0 Å². The van der Waals surface area contributed by atoms with E-state index in [4.69, 9.17) is 0 Å². The molecule has 1 fully saturated rings. The number of aromatic nitrogens is 3. The topological polar surface area (TPSA) is 82.7 Å². The number of rotatable bonds is 4. The van der Waals surface area contributed by atoms with Crippen LogP contribution in [0.25, 0.3) is 11.0 Å². The van der Waals surface area contributed by atoms with E-state index in [-0.39, 0.29) is 5.91 Å². The number of benzene rings is 1. The maximum atomic E-state index is 12.0. The molecule has 0 atom stereocenters. The molecule has 0 aliphatic carbocycles. The van der Waals surface area contributed by atoms with Gasteiger partial charge in [-0.1, -0.05) is 0 Å². The first kappa shape index (κ1) is 13.1. The summed E-state index contributed by atoms with van der Waals surface area (Å²) in [6.07, 6.45) is 3.91. The Morgan fingerprint density at radius 1 is 1.25 bits per heavy atom. The summed E-state index contributed by atoms with van der Waals surface area (Å²) >= 11 is 0. The summed E-state index contributed by atoms with van der Waals surface area (Å²) in [4.78, 5) is 12.0. The lowest BCUT2D eigenvalue weighted by molar-refractivity contribution is -0.116. The van der Waals surface area contributed by atoms with Crippen molar-refractivity contribution in [2.24, 2.45) is 5.92 Å². The average Bonchev–Trinajstić information content (AvgIpc) is 2.94. The third-order valence-electron chi connectivity index (χ3n) is 3.84. The van der Waals surface area contributed by atoms with Crippen molar-refractivity contribution in [2.45, 2.75) is 25.7 Å². The van der Waals surface area contributed by atoms with E-state index in [0.29, 0.717) is 12.3 Å². The Labute approximate surface area is 117 Å². The maximum absolute atomic E-state index is 12.0. The van der Waals surface area contributed by atoms with Crippen LogP contribution in [-0.2, 0) is 4.79 Å². The van der Waals surface area contributed by atoms with Crippen molar-refractivity contribution in [3.8, 4) is 0 Å². The van der Waals surface area contributed by atoms with Crippen molar-refractivity contribution < 1.29 is 4.79 Å². The van der Waals surface area contributed by atoms with Crippen LogP contribution in [0.15, 0.2) is 18.2 Å². The van der Waals surface area contributed by atoms with Crippen LogP contribution in [0.1, 0.15) is 25.7 Å². The number of nitrogens with one attached hydrogen (secondary N) is 3. The second kappa shape index (κ2) is 6.00. The lowest BCUT2D eigenvalue weighted by Crippen LogP contribution is -2.28. The predicted octanol–water partition coefficient (Wildman–Crippen LogP) is 1.68. The molecule has 2 heterocycles. The molecule has 1 aliphatic heterocycles. The van der Waals surface area contributed by atoms with E-state index >= 15 is 0 Å². The quantitative estimate of drug-likeness (QED) is 0.791. The number of fused-ring (bicyclic) bond motifs is 1. The molecule has 6 heteroatoms. The second-order valence-electron chi connectivity index (χ2n) is 5.31. The fourth-order valence-corrected chi connectivity index (χ4v) is 2.65. The molecule has 2 aromatic rings. The summed E-state index contributed by atoms with van der Waals surface area (Å²) in [5, 5.41) is 16.8. The summed E-state index contributed by atoms with van der Waals surface area (Å²) in [5.41, 5.74) is 2.35. The molecule has 20 heavy (non-hydrogen) atoms. The Hall–Kier alpha value is -1.95. The summed E-state index contributed by atoms with van der Waals surface area (Å²) in [5.74, 6) is 0.756. The third kappa shape index (κ3) is 3.14. The van der Waals surface area contributed by atoms with Gasteiger partial charge in [0.2, 0.25) is 5.91 Å². The number of carbonyl (C=O) groups is 1. The van der Waals surface area contributed by atoms with E-state index in [0.717, 1.165) is 36.2 Å². The van der Waals surface area contributed by atoms with Gasteiger partial charge in [-0.2, -0.15) is 15.4 Å². The van der Waals surface area contributed by atoms with E-state index in [1.807, 2.05) is 18.2 Å². The van der Waals surface area contributed by atoms with Crippen molar-refractivity contribution in [1.82, 2.24) is 20.7 Å². The van der Waals surface area contributed by atoms with Crippen molar-refractivity contribution in [2.75, 3.05) is 18.4 Å². The summed E-state index contributed by atoms with van der Waals surface area (Å²) in [6, 6.07) is 5.54. The first-order valence-corrected chi connectivity index (χ1v) is 7.12. The zero-order valence-corrected chi connectivity index (χ0v) is 11.4. The smallest absolute Gasteiger partial charge is 0.224 e. The highest BCUT2D eigenvalue weighted by Gasteiger charge is 2.14. The van der Waals surface area contributed by atoms with E-state index in [9.17, 15) is 4.79 Å². The van der Waals surface area contributed by atoms with Crippen LogP contribution < -0.4 is 10.6 Å². The fourth-order valence-electron chi connectivity index (χ4n) is 2.65. The number of H-pyrrole nitrogens is 1. The molecule has 1 amide bonds.